The van der Waals surface area contributed by atoms with E-state index in [0.717, 1.165) is 0 Å². The van der Waals surface area contributed by atoms with Gasteiger partial charge in [-0.1, -0.05) is 12.1 Å². The highest BCUT2D eigenvalue weighted by Gasteiger charge is 2.10. The lowest BCUT2D eigenvalue weighted by molar-refractivity contribution is 0.0944. The van der Waals surface area contributed by atoms with Crippen LogP contribution in [0.2, 0.25) is 0 Å². The van der Waals surface area contributed by atoms with Crippen molar-refractivity contribution in [2.24, 2.45) is 0 Å². The second-order valence-electron chi connectivity index (χ2n) is 4.85. The number of ether oxygens (including phenoxy) is 4. The lowest BCUT2D eigenvalue weighted by Gasteiger charge is -2.11. The minimum atomic E-state index is -0.209. The molecule has 128 valence electrons. The smallest absolute Gasteiger partial charge is 0.255 e. The molecule has 0 unspecified atom stereocenters. The SMILES string of the molecule is COc1cc(OC)cc(OCCNC(=O)c2ccccc2OC)c1. The van der Waals surface area contributed by atoms with Crippen LogP contribution >= 0.6 is 0 Å². The summed E-state index contributed by atoms with van der Waals surface area (Å²) in [4.78, 5) is 12.1. The van der Waals surface area contributed by atoms with Crippen LogP contribution in [0.5, 0.6) is 23.0 Å². The maximum atomic E-state index is 12.1. The molecule has 0 bridgehead atoms. The van der Waals surface area contributed by atoms with Crippen molar-refractivity contribution in [3.05, 3.63) is 48.0 Å². The van der Waals surface area contributed by atoms with E-state index in [2.05, 4.69) is 5.32 Å². The van der Waals surface area contributed by atoms with Gasteiger partial charge < -0.3 is 24.3 Å². The first kappa shape index (κ1) is 17.5. The number of hydrogen-bond acceptors (Lipinski definition) is 5. The number of para-hydroxylation sites is 1. The number of nitrogens with one attached hydrogen (secondary N) is 1. The third-order valence-corrected chi connectivity index (χ3v) is 3.33. The van der Waals surface area contributed by atoms with Crippen LogP contribution in [0.4, 0.5) is 0 Å². The minimum Gasteiger partial charge on any atom is -0.496 e. The van der Waals surface area contributed by atoms with E-state index in [0.29, 0.717) is 41.7 Å². The summed E-state index contributed by atoms with van der Waals surface area (Å²) in [7, 11) is 4.68. The Morgan fingerprint density at radius 3 is 2.17 bits per heavy atom. The molecule has 6 nitrogen and oxygen atoms in total. The summed E-state index contributed by atoms with van der Waals surface area (Å²) in [6.45, 7) is 0.674. The predicted molar refractivity (Wildman–Crippen MR) is 90.4 cm³/mol. The zero-order valence-electron chi connectivity index (χ0n) is 14.0. The summed E-state index contributed by atoms with van der Waals surface area (Å²) >= 11 is 0. The fourth-order valence-corrected chi connectivity index (χ4v) is 2.13. The van der Waals surface area contributed by atoms with Gasteiger partial charge >= 0.3 is 0 Å². The Hall–Kier alpha value is -2.89. The maximum absolute atomic E-state index is 12.1. The molecule has 0 heterocycles. The molecule has 0 aliphatic heterocycles. The van der Waals surface area contributed by atoms with E-state index in [1.165, 1.54) is 7.11 Å². The summed E-state index contributed by atoms with van der Waals surface area (Å²) in [5.41, 5.74) is 0.489. The molecule has 1 N–H and O–H groups in total. The average molecular weight is 331 g/mol. The molecule has 6 heteroatoms. The van der Waals surface area contributed by atoms with Gasteiger partial charge in [-0.3, -0.25) is 4.79 Å². The first-order valence-electron chi connectivity index (χ1n) is 7.45. The molecular formula is C18H21NO5. The zero-order valence-corrected chi connectivity index (χ0v) is 14.0. The molecule has 0 saturated carbocycles. The summed E-state index contributed by atoms with van der Waals surface area (Å²) in [5, 5.41) is 2.79. The number of carbonyl (C=O) groups is 1. The van der Waals surface area contributed by atoms with Gasteiger partial charge in [0.1, 0.15) is 29.6 Å². The highest BCUT2D eigenvalue weighted by molar-refractivity contribution is 5.96. The van der Waals surface area contributed by atoms with E-state index in [1.54, 1.807) is 50.6 Å². The summed E-state index contributed by atoms with van der Waals surface area (Å²) in [5.74, 6) is 2.22. The predicted octanol–water partition coefficient (Wildman–Crippen LogP) is 2.52. The third-order valence-electron chi connectivity index (χ3n) is 3.33. The highest BCUT2D eigenvalue weighted by Crippen LogP contribution is 2.27. The molecule has 0 spiro atoms. The first-order valence-corrected chi connectivity index (χ1v) is 7.45. The fraction of sp³-hybridized carbons (Fsp3) is 0.278. The van der Waals surface area contributed by atoms with Crippen molar-refractivity contribution in [2.75, 3.05) is 34.5 Å². The van der Waals surface area contributed by atoms with Crippen LogP contribution in [0.15, 0.2) is 42.5 Å². The molecule has 0 fully saturated rings. The van der Waals surface area contributed by atoms with Gasteiger partial charge in [-0.15, -0.1) is 0 Å². The Bertz CT molecular complexity index is 665. The van der Waals surface area contributed by atoms with E-state index < -0.39 is 0 Å². The molecule has 0 radical (unpaired) electrons. The van der Waals surface area contributed by atoms with E-state index in [-0.39, 0.29) is 5.91 Å². The summed E-state index contributed by atoms with van der Waals surface area (Å²) in [6.07, 6.45) is 0. The van der Waals surface area contributed by atoms with Gasteiger partial charge in [0.2, 0.25) is 0 Å². The van der Waals surface area contributed by atoms with Gasteiger partial charge in [0, 0.05) is 18.2 Å². The first-order chi connectivity index (χ1) is 11.7. The van der Waals surface area contributed by atoms with Crippen LogP contribution in [0.3, 0.4) is 0 Å². The van der Waals surface area contributed by atoms with Crippen molar-refractivity contribution >= 4 is 5.91 Å². The molecule has 0 aliphatic rings. The van der Waals surface area contributed by atoms with Crippen LogP contribution in [0.25, 0.3) is 0 Å². The van der Waals surface area contributed by atoms with Crippen LogP contribution in [-0.2, 0) is 0 Å². The molecule has 24 heavy (non-hydrogen) atoms. The van der Waals surface area contributed by atoms with Gasteiger partial charge in [-0.25, -0.2) is 0 Å². The molecule has 0 aromatic heterocycles. The zero-order chi connectivity index (χ0) is 17.4. The Labute approximate surface area is 141 Å². The lowest BCUT2D eigenvalue weighted by atomic mass is 10.2. The van der Waals surface area contributed by atoms with E-state index in [9.17, 15) is 4.79 Å². The second kappa shape index (κ2) is 8.67. The number of hydrogen-bond donors (Lipinski definition) is 1. The van der Waals surface area contributed by atoms with Crippen molar-refractivity contribution in [1.82, 2.24) is 5.32 Å². The standard InChI is InChI=1S/C18H21NO5/c1-21-13-10-14(22-2)12-15(11-13)24-9-8-19-18(20)16-6-4-5-7-17(16)23-3/h4-7,10-12H,8-9H2,1-3H3,(H,19,20). The van der Waals surface area contributed by atoms with Crippen LogP contribution in [0.1, 0.15) is 10.4 Å². The van der Waals surface area contributed by atoms with E-state index >= 15 is 0 Å². The van der Waals surface area contributed by atoms with Gasteiger partial charge in [-0.05, 0) is 12.1 Å². The van der Waals surface area contributed by atoms with Crippen molar-refractivity contribution in [3.63, 3.8) is 0 Å². The second-order valence-corrected chi connectivity index (χ2v) is 4.85. The van der Waals surface area contributed by atoms with E-state index in [4.69, 9.17) is 18.9 Å². The number of benzene rings is 2. The van der Waals surface area contributed by atoms with Gasteiger partial charge in [0.15, 0.2) is 0 Å². The maximum Gasteiger partial charge on any atom is 0.255 e. The number of carbonyl (C=O) groups excluding carboxylic acids is 1. The average Bonchev–Trinajstić information content (AvgIpc) is 2.64. The molecule has 0 saturated heterocycles. The number of rotatable bonds is 8. The van der Waals surface area contributed by atoms with Crippen LogP contribution in [-0.4, -0.2) is 40.4 Å². The number of methoxy groups -OCH3 is 3. The topological polar surface area (TPSA) is 66.0 Å². The normalized spacial score (nSPS) is 9.96. The molecule has 0 atom stereocenters. The van der Waals surface area contributed by atoms with Gasteiger partial charge in [-0.2, -0.15) is 0 Å². The van der Waals surface area contributed by atoms with Crippen LogP contribution < -0.4 is 24.3 Å². The largest absolute Gasteiger partial charge is 0.496 e. The molecular weight excluding hydrogens is 310 g/mol. The lowest BCUT2D eigenvalue weighted by Crippen LogP contribution is -2.28. The monoisotopic (exact) mass is 331 g/mol. The molecule has 2 aromatic rings. The third kappa shape index (κ3) is 4.55. The number of amides is 1. The molecule has 2 rings (SSSR count). The van der Waals surface area contributed by atoms with Crippen LogP contribution in [0, 0.1) is 0 Å². The van der Waals surface area contributed by atoms with Crippen molar-refractivity contribution in [2.45, 2.75) is 0 Å². The minimum absolute atomic E-state index is 0.209. The quantitative estimate of drug-likeness (QED) is 0.753. The van der Waals surface area contributed by atoms with Crippen molar-refractivity contribution in [3.8, 4) is 23.0 Å². The Morgan fingerprint density at radius 1 is 0.917 bits per heavy atom. The Balaban J connectivity index is 1.87. The van der Waals surface area contributed by atoms with Crippen molar-refractivity contribution < 1.29 is 23.7 Å². The summed E-state index contributed by atoms with van der Waals surface area (Å²) in [6, 6.07) is 12.3. The van der Waals surface area contributed by atoms with E-state index in [1.807, 2.05) is 6.07 Å². The van der Waals surface area contributed by atoms with Gasteiger partial charge in [0.25, 0.3) is 5.91 Å². The van der Waals surface area contributed by atoms with Gasteiger partial charge in [0.05, 0.1) is 33.4 Å². The molecule has 1 amide bonds. The molecule has 0 aliphatic carbocycles. The van der Waals surface area contributed by atoms with Crippen molar-refractivity contribution in [1.29, 1.82) is 0 Å². The fourth-order valence-electron chi connectivity index (χ4n) is 2.13. The molecule has 2 aromatic carbocycles. The Kier molecular flexibility index (Phi) is 6.31. The Morgan fingerprint density at radius 2 is 1.54 bits per heavy atom. The summed E-state index contributed by atoms with van der Waals surface area (Å²) < 4.78 is 21.2. The highest BCUT2D eigenvalue weighted by atomic mass is 16.5.